The van der Waals surface area contributed by atoms with E-state index in [1.807, 2.05) is 25.1 Å². The molecule has 100 valence electrons. The van der Waals surface area contributed by atoms with Gasteiger partial charge in [0.15, 0.2) is 0 Å². The lowest BCUT2D eigenvalue weighted by Gasteiger charge is -2.08. The summed E-state index contributed by atoms with van der Waals surface area (Å²) in [6, 6.07) is 5.72. The molecule has 2 N–H and O–H groups in total. The number of rotatable bonds is 8. The molecule has 4 nitrogen and oxygen atoms in total. The highest BCUT2D eigenvalue weighted by Gasteiger charge is 2.03. The number of carbonyl (C=O) groups excluding carboxylic acids is 1. The lowest BCUT2D eigenvalue weighted by Crippen LogP contribution is -2.25. The number of nitrogens with one attached hydrogen (secondary N) is 1. The number of nitrogens with zero attached hydrogens (tertiary/aromatic N) is 1. The van der Waals surface area contributed by atoms with E-state index in [1.54, 1.807) is 6.20 Å². The van der Waals surface area contributed by atoms with Gasteiger partial charge >= 0.3 is 0 Å². The number of aromatic nitrogens is 1. The number of aliphatic hydroxyl groups is 1. The van der Waals surface area contributed by atoms with Crippen molar-refractivity contribution in [2.45, 2.75) is 32.6 Å². The first-order chi connectivity index (χ1) is 8.72. The number of carbonyl (C=O) groups is 1. The van der Waals surface area contributed by atoms with E-state index in [4.69, 9.17) is 5.11 Å². The summed E-state index contributed by atoms with van der Waals surface area (Å²) in [5.74, 6) is 0.382. The number of hydrogen-bond acceptors (Lipinski definition) is 3. The maximum absolute atomic E-state index is 11.5. The quantitative estimate of drug-likeness (QED) is 0.688. The van der Waals surface area contributed by atoms with Gasteiger partial charge < -0.3 is 10.4 Å². The van der Waals surface area contributed by atoms with Crippen LogP contribution in [0.4, 0.5) is 0 Å². The van der Waals surface area contributed by atoms with E-state index in [-0.39, 0.29) is 12.5 Å². The molecule has 1 amide bonds. The first kappa shape index (κ1) is 14.6. The first-order valence-corrected chi connectivity index (χ1v) is 6.50. The van der Waals surface area contributed by atoms with Gasteiger partial charge in [-0.15, -0.1) is 0 Å². The van der Waals surface area contributed by atoms with Gasteiger partial charge in [0.25, 0.3) is 0 Å². The summed E-state index contributed by atoms with van der Waals surface area (Å²) in [4.78, 5) is 15.7. The van der Waals surface area contributed by atoms with Gasteiger partial charge in [-0.3, -0.25) is 9.78 Å². The van der Waals surface area contributed by atoms with Crippen LogP contribution >= 0.6 is 0 Å². The van der Waals surface area contributed by atoms with Gasteiger partial charge in [0.05, 0.1) is 0 Å². The van der Waals surface area contributed by atoms with Crippen molar-refractivity contribution in [1.82, 2.24) is 10.3 Å². The van der Waals surface area contributed by atoms with Crippen molar-refractivity contribution in [3.63, 3.8) is 0 Å². The molecule has 0 aliphatic carbocycles. The fraction of sp³-hybridized carbons (Fsp3) is 0.571. The molecule has 0 aliphatic heterocycles. The SMILES string of the molecule is CC(CO)CCCNC(=O)CCc1ccccn1. The van der Waals surface area contributed by atoms with E-state index in [1.165, 1.54) is 0 Å². The Balaban J connectivity index is 2.07. The third-order valence-corrected chi connectivity index (χ3v) is 2.84. The lowest BCUT2D eigenvalue weighted by atomic mass is 10.1. The molecule has 0 spiro atoms. The maximum atomic E-state index is 11.5. The van der Waals surface area contributed by atoms with Gasteiger partial charge in [-0.2, -0.15) is 0 Å². The summed E-state index contributed by atoms with van der Waals surface area (Å²) in [6.45, 7) is 2.90. The minimum atomic E-state index is 0.0669. The van der Waals surface area contributed by atoms with Crippen LogP contribution in [0.5, 0.6) is 0 Å². The monoisotopic (exact) mass is 250 g/mol. The normalized spacial score (nSPS) is 12.1. The molecule has 1 rings (SSSR count). The van der Waals surface area contributed by atoms with Crippen LogP contribution in [-0.2, 0) is 11.2 Å². The lowest BCUT2D eigenvalue weighted by molar-refractivity contribution is -0.121. The highest BCUT2D eigenvalue weighted by molar-refractivity contribution is 5.76. The fourth-order valence-electron chi connectivity index (χ4n) is 1.65. The van der Waals surface area contributed by atoms with E-state index >= 15 is 0 Å². The predicted molar refractivity (Wildman–Crippen MR) is 71.1 cm³/mol. The van der Waals surface area contributed by atoms with Crippen LogP contribution in [0.3, 0.4) is 0 Å². The zero-order chi connectivity index (χ0) is 13.2. The van der Waals surface area contributed by atoms with Crippen LogP contribution < -0.4 is 5.32 Å². The molecular weight excluding hydrogens is 228 g/mol. The molecular formula is C14H22N2O2. The van der Waals surface area contributed by atoms with Gasteiger partial charge in [-0.05, 0) is 37.3 Å². The second kappa shape index (κ2) is 8.64. The van der Waals surface area contributed by atoms with Crippen molar-refractivity contribution in [3.05, 3.63) is 30.1 Å². The second-order valence-electron chi connectivity index (χ2n) is 4.60. The molecule has 0 radical (unpaired) electrons. The van der Waals surface area contributed by atoms with Gasteiger partial charge in [0.2, 0.25) is 5.91 Å². The Bertz CT molecular complexity index is 341. The molecule has 0 saturated heterocycles. The van der Waals surface area contributed by atoms with Crippen LogP contribution in [0.25, 0.3) is 0 Å². The zero-order valence-corrected chi connectivity index (χ0v) is 10.9. The standard InChI is InChI=1S/C14H22N2O2/c1-12(11-17)5-4-10-16-14(18)8-7-13-6-2-3-9-15-13/h2-3,6,9,12,17H,4-5,7-8,10-11H2,1H3,(H,16,18). The van der Waals surface area contributed by atoms with Gasteiger partial charge in [-0.1, -0.05) is 13.0 Å². The van der Waals surface area contributed by atoms with Crippen molar-refractivity contribution < 1.29 is 9.90 Å². The average Bonchev–Trinajstić information content (AvgIpc) is 2.42. The van der Waals surface area contributed by atoms with E-state index in [9.17, 15) is 4.79 Å². The molecule has 1 unspecified atom stereocenters. The Hall–Kier alpha value is -1.42. The molecule has 1 aromatic heterocycles. The van der Waals surface area contributed by atoms with Gasteiger partial charge in [0, 0.05) is 31.5 Å². The van der Waals surface area contributed by atoms with Gasteiger partial charge in [-0.25, -0.2) is 0 Å². The first-order valence-electron chi connectivity index (χ1n) is 6.50. The largest absolute Gasteiger partial charge is 0.396 e. The summed E-state index contributed by atoms with van der Waals surface area (Å²) in [6.07, 6.45) is 4.75. The average molecular weight is 250 g/mol. The second-order valence-corrected chi connectivity index (χ2v) is 4.60. The number of hydrogen-bond donors (Lipinski definition) is 2. The molecule has 0 bridgehead atoms. The van der Waals surface area contributed by atoms with Crippen molar-refractivity contribution in [3.8, 4) is 0 Å². The van der Waals surface area contributed by atoms with E-state index < -0.39 is 0 Å². The van der Waals surface area contributed by atoms with E-state index in [0.717, 1.165) is 18.5 Å². The molecule has 0 fully saturated rings. The van der Waals surface area contributed by atoms with Crippen LogP contribution in [0.15, 0.2) is 24.4 Å². The summed E-state index contributed by atoms with van der Waals surface area (Å²) in [5, 5.41) is 11.7. The predicted octanol–water partition coefficient (Wildman–Crippen LogP) is 1.54. The number of aryl methyl sites for hydroxylation is 1. The maximum Gasteiger partial charge on any atom is 0.220 e. The van der Waals surface area contributed by atoms with Crippen molar-refractivity contribution in [2.75, 3.05) is 13.2 Å². The van der Waals surface area contributed by atoms with Crippen molar-refractivity contribution in [1.29, 1.82) is 0 Å². The molecule has 1 heterocycles. The Morgan fingerprint density at radius 2 is 2.33 bits per heavy atom. The van der Waals surface area contributed by atoms with Crippen LogP contribution in [0.1, 0.15) is 31.9 Å². The van der Waals surface area contributed by atoms with E-state index in [0.29, 0.717) is 25.3 Å². The zero-order valence-electron chi connectivity index (χ0n) is 10.9. The third kappa shape index (κ3) is 6.35. The molecule has 0 saturated carbocycles. The van der Waals surface area contributed by atoms with Crippen LogP contribution in [0.2, 0.25) is 0 Å². The fourth-order valence-corrected chi connectivity index (χ4v) is 1.65. The number of aliphatic hydroxyl groups excluding tert-OH is 1. The number of amides is 1. The summed E-state index contributed by atoms with van der Waals surface area (Å²) < 4.78 is 0. The van der Waals surface area contributed by atoms with Gasteiger partial charge in [0.1, 0.15) is 0 Å². The molecule has 1 atom stereocenters. The van der Waals surface area contributed by atoms with Crippen LogP contribution in [-0.4, -0.2) is 29.1 Å². The minimum absolute atomic E-state index is 0.0669. The summed E-state index contributed by atoms with van der Waals surface area (Å²) in [7, 11) is 0. The molecule has 18 heavy (non-hydrogen) atoms. The molecule has 4 heteroatoms. The van der Waals surface area contributed by atoms with Crippen LogP contribution in [0, 0.1) is 5.92 Å². The summed E-state index contributed by atoms with van der Waals surface area (Å²) >= 11 is 0. The topological polar surface area (TPSA) is 62.2 Å². The Labute approximate surface area is 108 Å². The highest BCUT2D eigenvalue weighted by atomic mass is 16.3. The van der Waals surface area contributed by atoms with E-state index in [2.05, 4.69) is 10.3 Å². The Kier molecular flexibility index (Phi) is 7.03. The third-order valence-electron chi connectivity index (χ3n) is 2.84. The molecule has 0 aliphatic rings. The Morgan fingerprint density at radius 1 is 1.50 bits per heavy atom. The molecule has 1 aromatic rings. The highest BCUT2D eigenvalue weighted by Crippen LogP contribution is 2.03. The smallest absolute Gasteiger partial charge is 0.220 e. The molecule has 0 aromatic carbocycles. The summed E-state index contributed by atoms with van der Waals surface area (Å²) in [5.41, 5.74) is 0.946. The Morgan fingerprint density at radius 3 is 3.00 bits per heavy atom. The van der Waals surface area contributed by atoms with Crippen molar-refractivity contribution >= 4 is 5.91 Å². The minimum Gasteiger partial charge on any atom is -0.396 e. The van der Waals surface area contributed by atoms with Crippen molar-refractivity contribution in [2.24, 2.45) is 5.92 Å². The number of pyridine rings is 1.